The van der Waals surface area contributed by atoms with Gasteiger partial charge >= 0.3 is 0 Å². The van der Waals surface area contributed by atoms with Crippen LogP contribution in [0, 0.1) is 5.92 Å². The fourth-order valence-electron chi connectivity index (χ4n) is 1.11. The van der Waals surface area contributed by atoms with Crippen LogP contribution in [-0.2, 0) is 0 Å². The van der Waals surface area contributed by atoms with Crippen LogP contribution in [0.1, 0.15) is 46.0 Å². The maximum absolute atomic E-state index is 9.47. The second-order valence-electron chi connectivity index (χ2n) is 3.78. The van der Waals surface area contributed by atoms with E-state index in [1.807, 2.05) is 0 Å². The first kappa shape index (κ1) is 8.06. The van der Waals surface area contributed by atoms with Gasteiger partial charge in [-0.3, -0.25) is 0 Å². The lowest BCUT2D eigenvalue weighted by atomic mass is 10.00. The third-order valence-electron chi connectivity index (χ3n) is 2.63. The summed E-state index contributed by atoms with van der Waals surface area (Å²) in [7, 11) is 0. The van der Waals surface area contributed by atoms with E-state index < -0.39 is 0 Å². The fraction of sp³-hybridized carbons (Fsp3) is 1.00. The second kappa shape index (κ2) is 2.91. The standard InChI is InChI=1S/C9H18O/c1-3-8(2)4-5-9(10)6-7-9/h8,10H,3-7H2,1-2H3. The van der Waals surface area contributed by atoms with Crippen molar-refractivity contribution in [3.05, 3.63) is 0 Å². The molecule has 0 spiro atoms. The Bertz CT molecular complexity index is 105. The van der Waals surface area contributed by atoms with E-state index in [1.54, 1.807) is 0 Å². The van der Waals surface area contributed by atoms with Gasteiger partial charge in [0.05, 0.1) is 5.60 Å². The van der Waals surface area contributed by atoms with Gasteiger partial charge in [-0.25, -0.2) is 0 Å². The van der Waals surface area contributed by atoms with Gasteiger partial charge in [-0.1, -0.05) is 20.3 Å². The van der Waals surface area contributed by atoms with E-state index in [0.717, 1.165) is 25.2 Å². The van der Waals surface area contributed by atoms with Gasteiger partial charge in [-0.05, 0) is 31.6 Å². The van der Waals surface area contributed by atoms with Crippen molar-refractivity contribution in [2.24, 2.45) is 5.92 Å². The summed E-state index contributed by atoms with van der Waals surface area (Å²) in [6.07, 6.45) is 5.57. The lowest BCUT2D eigenvalue weighted by Crippen LogP contribution is -2.08. The van der Waals surface area contributed by atoms with Crippen LogP contribution < -0.4 is 0 Å². The highest BCUT2D eigenvalue weighted by atomic mass is 16.3. The summed E-state index contributed by atoms with van der Waals surface area (Å²) in [5, 5.41) is 9.47. The second-order valence-corrected chi connectivity index (χ2v) is 3.78. The first-order valence-electron chi connectivity index (χ1n) is 4.39. The van der Waals surface area contributed by atoms with Gasteiger partial charge in [-0.15, -0.1) is 0 Å². The number of rotatable bonds is 4. The summed E-state index contributed by atoms with van der Waals surface area (Å²) in [6.45, 7) is 4.47. The Kier molecular flexibility index (Phi) is 2.35. The minimum atomic E-state index is -0.219. The molecule has 1 aliphatic rings. The molecule has 10 heavy (non-hydrogen) atoms. The SMILES string of the molecule is CCC(C)CCC1(O)CC1. The zero-order valence-corrected chi connectivity index (χ0v) is 7.06. The van der Waals surface area contributed by atoms with Crippen LogP contribution in [0.25, 0.3) is 0 Å². The van der Waals surface area contributed by atoms with Gasteiger partial charge in [0.15, 0.2) is 0 Å². The van der Waals surface area contributed by atoms with Crippen molar-refractivity contribution in [1.82, 2.24) is 0 Å². The number of hydrogen-bond donors (Lipinski definition) is 1. The van der Waals surface area contributed by atoms with E-state index in [1.165, 1.54) is 12.8 Å². The van der Waals surface area contributed by atoms with Gasteiger partial charge in [-0.2, -0.15) is 0 Å². The zero-order chi connectivity index (χ0) is 7.61. The van der Waals surface area contributed by atoms with E-state index in [-0.39, 0.29) is 5.60 Å². The minimum Gasteiger partial charge on any atom is -0.390 e. The quantitative estimate of drug-likeness (QED) is 0.638. The summed E-state index contributed by atoms with van der Waals surface area (Å²) >= 11 is 0. The highest BCUT2D eigenvalue weighted by Gasteiger charge is 2.39. The lowest BCUT2D eigenvalue weighted by Gasteiger charge is -2.10. The molecule has 1 fully saturated rings. The van der Waals surface area contributed by atoms with Crippen molar-refractivity contribution >= 4 is 0 Å². The van der Waals surface area contributed by atoms with E-state index in [2.05, 4.69) is 13.8 Å². The molecule has 1 atom stereocenters. The van der Waals surface area contributed by atoms with Crippen molar-refractivity contribution in [2.75, 3.05) is 0 Å². The van der Waals surface area contributed by atoms with Crippen molar-refractivity contribution in [3.8, 4) is 0 Å². The Morgan fingerprint density at radius 2 is 2.10 bits per heavy atom. The molecule has 1 saturated carbocycles. The number of aliphatic hydroxyl groups is 1. The monoisotopic (exact) mass is 142 g/mol. The molecule has 1 rings (SSSR count). The van der Waals surface area contributed by atoms with Crippen LogP contribution in [0.2, 0.25) is 0 Å². The predicted octanol–water partition coefficient (Wildman–Crippen LogP) is 2.34. The fourth-order valence-corrected chi connectivity index (χ4v) is 1.11. The third kappa shape index (κ3) is 2.30. The summed E-state index contributed by atoms with van der Waals surface area (Å²) in [5.74, 6) is 0.796. The average Bonchev–Trinajstić information content (AvgIpc) is 2.64. The van der Waals surface area contributed by atoms with E-state index in [9.17, 15) is 5.11 Å². The molecule has 0 aromatic rings. The Balaban J connectivity index is 2.04. The van der Waals surface area contributed by atoms with Crippen molar-refractivity contribution in [3.63, 3.8) is 0 Å². The molecule has 60 valence electrons. The molecule has 0 aromatic carbocycles. The molecule has 1 unspecified atom stereocenters. The molecule has 1 aliphatic carbocycles. The Labute approximate surface area is 63.4 Å². The Morgan fingerprint density at radius 3 is 2.50 bits per heavy atom. The molecule has 0 saturated heterocycles. The van der Waals surface area contributed by atoms with Crippen LogP contribution in [0.5, 0.6) is 0 Å². The third-order valence-corrected chi connectivity index (χ3v) is 2.63. The van der Waals surface area contributed by atoms with Crippen LogP contribution in [0.3, 0.4) is 0 Å². The molecule has 1 heteroatoms. The molecule has 0 amide bonds. The smallest absolute Gasteiger partial charge is 0.0650 e. The normalized spacial score (nSPS) is 24.3. The molecule has 0 aromatic heterocycles. The Morgan fingerprint density at radius 1 is 1.50 bits per heavy atom. The number of hydrogen-bond acceptors (Lipinski definition) is 1. The van der Waals surface area contributed by atoms with Crippen LogP contribution >= 0.6 is 0 Å². The zero-order valence-electron chi connectivity index (χ0n) is 7.06. The van der Waals surface area contributed by atoms with Gasteiger partial charge in [0.2, 0.25) is 0 Å². The molecular weight excluding hydrogens is 124 g/mol. The van der Waals surface area contributed by atoms with Crippen molar-refractivity contribution < 1.29 is 5.11 Å². The predicted molar refractivity (Wildman–Crippen MR) is 42.9 cm³/mol. The van der Waals surface area contributed by atoms with E-state index in [0.29, 0.717) is 0 Å². The highest BCUT2D eigenvalue weighted by molar-refractivity contribution is 4.92. The molecule has 0 aliphatic heterocycles. The van der Waals surface area contributed by atoms with Gasteiger partial charge in [0.25, 0.3) is 0 Å². The molecular formula is C9H18O. The minimum absolute atomic E-state index is 0.219. The first-order valence-corrected chi connectivity index (χ1v) is 4.39. The van der Waals surface area contributed by atoms with Gasteiger partial charge in [0.1, 0.15) is 0 Å². The summed E-state index contributed by atoms with van der Waals surface area (Å²) < 4.78 is 0. The van der Waals surface area contributed by atoms with Gasteiger partial charge in [0, 0.05) is 0 Å². The lowest BCUT2D eigenvalue weighted by molar-refractivity contribution is 0.131. The molecule has 0 heterocycles. The Hall–Kier alpha value is -0.0400. The van der Waals surface area contributed by atoms with E-state index >= 15 is 0 Å². The summed E-state index contributed by atoms with van der Waals surface area (Å²) in [6, 6.07) is 0. The maximum Gasteiger partial charge on any atom is 0.0650 e. The van der Waals surface area contributed by atoms with Crippen molar-refractivity contribution in [1.29, 1.82) is 0 Å². The molecule has 1 nitrogen and oxygen atoms in total. The first-order chi connectivity index (χ1) is 4.66. The summed E-state index contributed by atoms with van der Waals surface area (Å²) in [4.78, 5) is 0. The van der Waals surface area contributed by atoms with E-state index in [4.69, 9.17) is 0 Å². The summed E-state index contributed by atoms with van der Waals surface area (Å²) in [5.41, 5.74) is -0.219. The largest absolute Gasteiger partial charge is 0.390 e. The average molecular weight is 142 g/mol. The molecule has 0 bridgehead atoms. The van der Waals surface area contributed by atoms with Crippen LogP contribution in [0.15, 0.2) is 0 Å². The van der Waals surface area contributed by atoms with Crippen LogP contribution in [0.4, 0.5) is 0 Å². The molecule has 0 radical (unpaired) electrons. The molecule has 1 N–H and O–H groups in total. The highest BCUT2D eigenvalue weighted by Crippen LogP contribution is 2.40. The van der Waals surface area contributed by atoms with Gasteiger partial charge < -0.3 is 5.11 Å². The maximum atomic E-state index is 9.47. The van der Waals surface area contributed by atoms with Crippen LogP contribution in [-0.4, -0.2) is 10.7 Å². The van der Waals surface area contributed by atoms with Crippen molar-refractivity contribution in [2.45, 2.75) is 51.6 Å². The topological polar surface area (TPSA) is 20.2 Å².